The van der Waals surface area contributed by atoms with Gasteiger partial charge in [-0.2, -0.15) is 0 Å². The lowest BCUT2D eigenvalue weighted by Gasteiger charge is -2.32. The number of rotatable bonds is 5. The fourth-order valence-corrected chi connectivity index (χ4v) is 4.35. The number of nitrogens with zero attached hydrogens (tertiary/aromatic N) is 1. The molecule has 146 valence electrons. The second kappa shape index (κ2) is 8.52. The van der Waals surface area contributed by atoms with Gasteiger partial charge in [-0.25, -0.2) is 0 Å². The summed E-state index contributed by atoms with van der Waals surface area (Å²) in [5, 5.41) is 5.57. The Morgan fingerprint density at radius 1 is 1.07 bits per heavy atom. The second-order valence-electron chi connectivity index (χ2n) is 7.37. The Morgan fingerprint density at radius 3 is 2.33 bits per heavy atom. The van der Waals surface area contributed by atoms with Gasteiger partial charge in [-0.05, 0) is 49.4 Å². The lowest BCUT2D eigenvalue weighted by molar-refractivity contribution is -0.146. The van der Waals surface area contributed by atoms with Crippen molar-refractivity contribution >= 4 is 29.2 Å². The first-order valence-electron chi connectivity index (χ1n) is 9.49. The Balaban J connectivity index is 1.64. The molecule has 1 saturated carbocycles. The van der Waals surface area contributed by atoms with E-state index in [9.17, 15) is 14.4 Å². The topological polar surface area (TPSA) is 87.7 Å². The van der Waals surface area contributed by atoms with Gasteiger partial charge in [0.05, 0.1) is 13.7 Å². The number of hydrogen-bond donors (Lipinski definition) is 2. The predicted molar refractivity (Wildman–Crippen MR) is 102 cm³/mol. The number of amides is 2. The quantitative estimate of drug-likeness (QED) is 0.774. The first-order chi connectivity index (χ1) is 13.0. The van der Waals surface area contributed by atoms with Crippen molar-refractivity contribution in [2.24, 2.45) is 5.92 Å². The predicted octanol–water partition coefficient (Wildman–Crippen LogP) is 2.39. The summed E-state index contributed by atoms with van der Waals surface area (Å²) in [6.07, 6.45) is 5.24. The van der Waals surface area contributed by atoms with Crippen molar-refractivity contribution in [3.8, 4) is 0 Å². The molecule has 3 rings (SSSR count). The zero-order chi connectivity index (χ0) is 19.4. The Hall–Kier alpha value is -2.41. The van der Waals surface area contributed by atoms with Crippen molar-refractivity contribution < 1.29 is 19.1 Å². The highest BCUT2D eigenvalue weighted by Crippen LogP contribution is 2.39. The third kappa shape index (κ3) is 4.66. The maximum atomic E-state index is 12.6. The summed E-state index contributed by atoms with van der Waals surface area (Å²) in [7, 11) is 1.40. The van der Waals surface area contributed by atoms with E-state index >= 15 is 0 Å². The molecule has 0 bridgehead atoms. The van der Waals surface area contributed by atoms with E-state index in [0.717, 1.165) is 25.7 Å². The van der Waals surface area contributed by atoms with E-state index in [4.69, 9.17) is 4.74 Å². The van der Waals surface area contributed by atoms with Crippen LogP contribution in [0.3, 0.4) is 0 Å². The number of carbonyl (C=O) groups excluding carboxylic acids is 3. The summed E-state index contributed by atoms with van der Waals surface area (Å²) in [6, 6.07) is 6.90. The fraction of sp³-hybridized carbons (Fsp3) is 0.550. The minimum atomic E-state index is -0.337. The molecule has 0 spiro atoms. The van der Waals surface area contributed by atoms with Crippen molar-refractivity contribution in [3.05, 3.63) is 24.3 Å². The molecule has 2 aliphatic rings. The van der Waals surface area contributed by atoms with E-state index in [2.05, 4.69) is 10.6 Å². The number of hydrogen-bond acceptors (Lipinski definition) is 5. The summed E-state index contributed by atoms with van der Waals surface area (Å²) >= 11 is 0. The van der Waals surface area contributed by atoms with Crippen LogP contribution in [0.2, 0.25) is 0 Å². The maximum Gasteiger partial charge on any atom is 0.323 e. The van der Waals surface area contributed by atoms with E-state index in [1.807, 2.05) is 4.90 Å². The van der Waals surface area contributed by atoms with Gasteiger partial charge in [0.1, 0.15) is 6.04 Å². The highest BCUT2D eigenvalue weighted by atomic mass is 16.5. The number of esters is 1. The number of fused-ring (bicyclic) bond motifs is 1. The third-order valence-electron chi connectivity index (χ3n) is 5.51. The largest absolute Gasteiger partial charge is 0.468 e. The number of anilines is 2. The normalized spacial score (nSPS) is 24.7. The van der Waals surface area contributed by atoms with Crippen LogP contribution in [0.1, 0.15) is 39.0 Å². The van der Waals surface area contributed by atoms with Gasteiger partial charge in [0.2, 0.25) is 11.8 Å². The third-order valence-corrected chi connectivity index (χ3v) is 5.51. The number of nitrogens with one attached hydrogen (secondary N) is 2. The molecule has 0 aromatic heterocycles. The molecule has 7 heteroatoms. The first-order valence-corrected chi connectivity index (χ1v) is 9.49. The lowest BCUT2D eigenvalue weighted by atomic mass is 9.85. The molecule has 0 radical (unpaired) electrons. The van der Waals surface area contributed by atoms with Crippen molar-refractivity contribution in [1.82, 2.24) is 4.90 Å². The van der Waals surface area contributed by atoms with Crippen LogP contribution in [0.25, 0.3) is 0 Å². The lowest BCUT2D eigenvalue weighted by Crippen LogP contribution is -2.46. The summed E-state index contributed by atoms with van der Waals surface area (Å²) in [6.45, 7) is 1.62. The molecule has 1 heterocycles. The van der Waals surface area contributed by atoms with Gasteiger partial charge in [0, 0.05) is 24.3 Å². The maximum absolute atomic E-state index is 12.6. The zero-order valence-corrected chi connectivity index (χ0v) is 15.9. The summed E-state index contributed by atoms with van der Waals surface area (Å²) in [5.74, 6) is -0.0800. The first kappa shape index (κ1) is 19.4. The molecule has 1 aliphatic heterocycles. The molecule has 1 aromatic carbocycles. The highest BCUT2D eigenvalue weighted by molar-refractivity contribution is 5.93. The molecule has 1 aromatic rings. The van der Waals surface area contributed by atoms with Gasteiger partial charge in [0.15, 0.2) is 0 Å². The van der Waals surface area contributed by atoms with Crippen molar-refractivity contribution in [2.75, 3.05) is 24.3 Å². The molecule has 2 fully saturated rings. The molecular formula is C20H27N3O4. The number of carbonyl (C=O) groups is 3. The minimum Gasteiger partial charge on any atom is -0.468 e. The van der Waals surface area contributed by atoms with Crippen molar-refractivity contribution in [3.63, 3.8) is 0 Å². The molecule has 7 nitrogen and oxygen atoms in total. The smallest absolute Gasteiger partial charge is 0.323 e. The number of benzene rings is 1. The molecular weight excluding hydrogens is 346 g/mol. The average Bonchev–Trinajstić information content (AvgIpc) is 3.01. The monoisotopic (exact) mass is 373 g/mol. The summed E-state index contributed by atoms with van der Waals surface area (Å²) < 4.78 is 4.97. The van der Waals surface area contributed by atoms with Gasteiger partial charge in [-0.15, -0.1) is 0 Å². The van der Waals surface area contributed by atoms with Crippen LogP contribution in [0.15, 0.2) is 24.3 Å². The molecule has 3 atom stereocenters. The van der Waals surface area contributed by atoms with E-state index < -0.39 is 0 Å². The van der Waals surface area contributed by atoms with Crippen LogP contribution in [0.4, 0.5) is 11.4 Å². The summed E-state index contributed by atoms with van der Waals surface area (Å²) in [4.78, 5) is 37.9. The Kier molecular flexibility index (Phi) is 6.11. The molecule has 3 unspecified atom stereocenters. The second-order valence-corrected chi connectivity index (χ2v) is 7.37. The molecule has 2 amide bonds. The van der Waals surface area contributed by atoms with E-state index in [0.29, 0.717) is 17.3 Å². The van der Waals surface area contributed by atoms with Crippen LogP contribution in [0.5, 0.6) is 0 Å². The molecule has 1 saturated heterocycles. The van der Waals surface area contributed by atoms with Gasteiger partial charge in [-0.3, -0.25) is 19.3 Å². The van der Waals surface area contributed by atoms with Gasteiger partial charge >= 0.3 is 5.97 Å². The van der Waals surface area contributed by atoms with Gasteiger partial charge < -0.3 is 15.4 Å². The van der Waals surface area contributed by atoms with Crippen molar-refractivity contribution in [1.29, 1.82) is 0 Å². The van der Waals surface area contributed by atoms with Crippen LogP contribution < -0.4 is 10.6 Å². The van der Waals surface area contributed by atoms with Crippen molar-refractivity contribution in [2.45, 2.75) is 51.1 Å². The van der Waals surface area contributed by atoms with Crippen LogP contribution >= 0.6 is 0 Å². The van der Waals surface area contributed by atoms with Crippen LogP contribution in [-0.2, 0) is 19.1 Å². The molecule has 27 heavy (non-hydrogen) atoms. The van der Waals surface area contributed by atoms with Gasteiger partial charge in [-0.1, -0.05) is 12.8 Å². The molecule has 2 N–H and O–H groups in total. The Labute approximate surface area is 159 Å². The van der Waals surface area contributed by atoms with Gasteiger partial charge in [0.25, 0.3) is 0 Å². The van der Waals surface area contributed by atoms with Crippen LogP contribution in [0, 0.1) is 5.92 Å². The number of methoxy groups -OCH3 is 1. The Bertz CT molecular complexity index is 704. The van der Waals surface area contributed by atoms with E-state index in [1.165, 1.54) is 20.5 Å². The summed E-state index contributed by atoms with van der Waals surface area (Å²) in [5.41, 5.74) is 1.33. The Morgan fingerprint density at radius 2 is 1.70 bits per heavy atom. The van der Waals surface area contributed by atoms with E-state index in [-0.39, 0.29) is 36.4 Å². The SMILES string of the molecule is COC(=O)C1CC2CCCCC2N1CC(=O)Nc1ccc(NC(C)=O)cc1. The molecule has 1 aliphatic carbocycles. The standard InChI is InChI=1S/C20H27N3O4/c1-13(24)21-15-7-9-16(10-8-15)22-19(25)12-23-17-6-4-3-5-14(17)11-18(23)20(26)27-2/h7-10,14,17-18H,3-6,11-12H2,1-2H3,(H,21,24)(H,22,25). The minimum absolute atomic E-state index is 0.142. The van der Waals surface area contributed by atoms with E-state index in [1.54, 1.807) is 24.3 Å². The van der Waals surface area contributed by atoms with Crippen LogP contribution in [-0.4, -0.2) is 48.4 Å². The average molecular weight is 373 g/mol. The zero-order valence-electron chi connectivity index (χ0n) is 15.9. The number of ether oxygens (including phenoxy) is 1. The highest BCUT2D eigenvalue weighted by Gasteiger charge is 2.46. The fourth-order valence-electron chi connectivity index (χ4n) is 4.35. The number of likely N-dealkylation sites (tertiary alicyclic amines) is 1.